The van der Waals surface area contributed by atoms with Crippen LogP contribution >= 0.6 is 0 Å². The van der Waals surface area contributed by atoms with Crippen LogP contribution < -0.4 is 10.6 Å². The van der Waals surface area contributed by atoms with Crippen molar-refractivity contribution in [2.45, 2.75) is 58.4 Å². The van der Waals surface area contributed by atoms with Gasteiger partial charge in [0.25, 0.3) is 0 Å². The minimum absolute atomic E-state index is 0.109. The average molecular weight is 410 g/mol. The molecule has 1 saturated heterocycles. The Morgan fingerprint density at radius 2 is 1.93 bits per heavy atom. The zero-order valence-electron chi connectivity index (χ0n) is 17.8. The van der Waals surface area contributed by atoms with Crippen LogP contribution in [0.15, 0.2) is 24.3 Å². The first-order valence-corrected chi connectivity index (χ1v) is 9.93. The molecule has 3 atom stereocenters. The molecule has 1 fully saturated rings. The van der Waals surface area contributed by atoms with Crippen LogP contribution in [0.4, 0.5) is 9.18 Å². The predicted molar refractivity (Wildman–Crippen MR) is 108 cm³/mol. The molecule has 0 radical (unpaired) electrons. The molecular weight excluding hydrogens is 377 g/mol. The first-order chi connectivity index (χ1) is 13.5. The molecule has 0 aliphatic carbocycles. The fourth-order valence-corrected chi connectivity index (χ4v) is 3.06. The maximum absolute atomic E-state index is 13.1. The number of carbonyl (C=O) groups excluding carboxylic acids is 2. The van der Waals surface area contributed by atoms with Gasteiger partial charge in [-0.25, -0.2) is 9.18 Å². The molecule has 1 aliphatic rings. The molecule has 0 unspecified atom stereocenters. The highest BCUT2D eigenvalue weighted by Gasteiger charge is 2.29. The van der Waals surface area contributed by atoms with Gasteiger partial charge < -0.3 is 20.1 Å². The summed E-state index contributed by atoms with van der Waals surface area (Å²) in [4.78, 5) is 26.5. The number of nitrogens with zero attached hydrogens (tertiary/aromatic N) is 1. The number of carbonyl (C=O) groups is 2. The monoisotopic (exact) mass is 409 g/mol. The van der Waals surface area contributed by atoms with E-state index in [9.17, 15) is 14.0 Å². The van der Waals surface area contributed by atoms with Gasteiger partial charge in [0, 0.05) is 19.6 Å². The first-order valence-electron chi connectivity index (χ1n) is 9.93. The minimum Gasteiger partial charge on any atom is -0.444 e. The van der Waals surface area contributed by atoms with Crippen LogP contribution in [-0.2, 0) is 14.3 Å². The van der Waals surface area contributed by atoms with Crippen molar-refractivity contribution < 1.29 is 23.5 Å². The lowest BCUT2D eigenvalue weighted by molar-refractivity contribution is -0.129. The summed E-state index contributed by atoms with van der Waals surface area (Å²) in [5.41, 5.74) is 0.283. The van der Waals surface area contributed by atoms with Crippen LogP contribution in [0.1, 0.15) is 46.2 Å². The maximum atomic E-state index is 13.1. The van der Waals surface area contributed by atoms with E-state index in [-0.39, 0.29) is 29.9 Å². The van der Waals surface area contributed by atoms with Crippen molar-refractivity contribution >= 4 is 12.0 Å². The van der Waals surface area contributed by atoms with E-state index in [2.05, 4.69) is 10.6 Å². The summed E-state index contributed by atoms with van der Waals surface area (Å²) < 4.78 is 24.0. The van der Waals surface area contributed by atoms with Crippen molar-refractivity contribution in [3.63, 3.8) is 0 Å². The lowest BCUT2D eigenvalue weighted by atomic mass is 10.1. The molecule has 162 valence electrons. The Morgan fingerprint density at radius 1 is 1.28 bits per heavy atom. The highest BCUT2D eigenvalue weighted by molar-refractivity contribution is 5.81. The second-order valence-corrected chi connectivity index (χ2v) is 8.33. The number of benzene rings is 1. The Morgan fingerprint density at radius 3 is 2.55 bits per heavy atom. The number of morpholine rings is 1. The molecule has 1 aliphatic heterocycles. The van der Waals surface area contributed by atoms with Gasteiger partial charge in [-0.15, -0.1) is 0 Å². The fourth-order valence-electron chi connectivity index (χ4n) is 3.06. The molecule has 0 spiro atoms. The molecule has 2 rings (SSSR count). The van der Waals surface area contributed by atoms with Crippen LogP contribution in [-0.4, -0.2) is 60.9 Å². The number of amides is 2. The molecule has 0 aromatic heterocycles. The van der Waals surface area contributed by atoms with Gasteiger partial charge in [-0.3, -0.25) is 9.69 Å². The normalized spacial score (nSPS) is 19.9. The molecule has 0 bridgehead atoms. The molecule has 29 heavy (non-hydrogen) atoms. The Hall–Kier alpha value is -2.19. The zero-order valence-corrected chi connectivity index (χ0v) is 17.8. The Balaban J connectivity index is 1.83. The molecule has 8 heteroatoms. The number of ether oxygens (including phenoxy) is 2. The summed E-state index contributed by atoms with van der Waals surface area (Å²) in [5, 5.41) is 5.68. The minimum atomic E-state index is -0.558. The number of nitrogens with one attached hydrogen (secondary N) is 2. The number of halogens is 1. The van der Waals surface area contributed by atoms with Gasteiger partial charge in [-0.1, -0.05) is 12.1 Å². The van der Waals surface area contributed by atoms with Crippen LogP contribution in [0.3, 0.4) is 0 Å². The Bertz CT molecular complexity index is 690. The Kier molecular flexibility index (Phi) is 7.98. The standard InChI is InChI=1S/C21H32FN3O4/c1-14(16-6-8-17(22)9-7-16)24-19(26)15(2)25-10-11-28-18(13-25)12-23-20(27)29-21(3,4)5/h6-9,14-15,18H,10-13H2,1-5H3,(H,23,27)(H,24,26)/t14-,15+,18+/m0/s1. The van der Waals surface area contributed by atoms with E-state index in [0.29, 0.717) is 26.2 Å². The number of hydrogen-bond acceptors (Lipinski definition) is 5. The van der Waals surface area contributed by atoms with Crippen molar-refractivity contribution in [3.8, 4) is 0 Å². The van der Waals surface area contributed by atoms with E-state index >= 15 is 0 Å². The maximum Gasteiger partial charge on any atom is 0.407 e. The molecule has 1 aromatic rings. The van der Waals surface area contributed by atoms with E-state index < -0.39 is 11.7 Å². The van der Waals surface area contributed by atoms with Gasteiger partial charge in [-0.2, -0.15) is 0 Å². The highest BCUT2D eigenvalue weighted by atomic mass is 19.1. The quantitative estimate of drug-likeness (QED) is 0.755. The first kappa shape index (κ1) is 23.1. The van der Waals surface area contributed by atoms with Gasteiger partial charge in [-0.05, 0) is 52.3 Å². The number of alkyl carbamates (subject to hydrolysis) is 1. The smallest absolute Gasteiger partial charge is 0.407 e. The average Bonchev–Trinajstić information content (AvgIpc) is 2.65. The molecule has 1 aromatic carbocycles. The topological polar surface area (TPSA) is 79.9 Å². The van der Waals surface area contributed by atoms with Gasteiger partial charge >= 0.3 is 6.09 Å². The lowest BCUT2D eigenvalue weighted by Gasteiger charge is -2.36. The van der Waals surface area contributed by atoms with Gasteiger partial charge in [0.15, 0.2) is 0 Å². The summed E-state index contributed by atoms with van der Waals surface area (Å²) in [7, 11) is 0. The van der Waals surface area contributed by atoms with E-state index in [1.807, 2.05) is 18.7 Å². The van der Waals surface area contributed by atoms with Crippen molar-refractivity contribution in [1.29, 1.82) is 0 Å². The lowest BCUT2D eigenvalue weighted by Crippen LogP contribution is -2.54. The van der Waals surface area contributed by atoms with Gasteiger partial charge in [0.2, 0.25) is 5.91 Å². The number of rotatable bonds is 6. The largest absolute Gasteiger partial charge is 0.444 e. The second-order valence-electron chi connectivity index (χ2n) is 8.33. The van der Waals surface area contributed by atoms with E-state index in [1.54, 1.807) is 32.9 Å². The Labute approximate surface area is 171 Å². The van der Waals surface area contributed by atoms with Gasteiger partial charge in [0.1, 0.15) is 11.4 Å². The van der Waals surface area contributed by atoms with Crippen LogP contribution in [0.25, 0.3) is 0 Å². The van der Waals surface area contributed by atoms with Crippen molar-refractivity contribution in [3.05, 3.63) is 35.6 Å². The summed E-state index contributed by atoms with van der Waals surface area (Å²) in [6.45, 7) is 11.1. The van der Waals surface area contributed by atoms with Crippen LogP contribution in [0.2, 0.25) is 0 Å². The predicted octanol–water partition coefficient (Wildman–Crippen LogP) is 2.62. The van der Waals surface area contributed by atoms with Crippen molar-refractivity contribution in [1.82, 2.24) is 15.5 Å². The number of hydrogen-bond donors (Lipinski definition) is 2. The molecule has 2 N–H and O–H groups in total. The molecule has 2 amide bonds. The van der Waals surface area contributed by atoms with Crippen molar-refractivity contribution in [2.75, 3.05) is 26.2 Å². The molecule has 1 heterocycles. The summed E-state index contributed by atoms with van der Waals surface area (Å²) in [6.07, 6.45) is -0.710. The van der Waals surface area contributed by atoms with Gasteiger partial charge in [0.05, 0.1) is 24.8 Å². The second kappa shape index (κ2) is 10.0. The SMILES string of the molecule is C[C@H](NC(=O)[C@@H](C)N1CCO[C@H](CNC(=O)OC(C)(C)C)C1)c1ccc(F)cc1. The van der Waals surface area contributed by atoms with Crippen LogP contribution in [0.5, 0.6) is 0 Å². The van der Waals surface area contributed by atoms with Crippen LogP contribution in [0, 0.1) is 5.82 Å². The summed E-state index contributed by atoms with van der Waals surface area (Å²) in [5.74, 6) is -0.414. The fraction of sp³-hybridized carbons (Fsp3) is 0.619. The third-order valence-corrected chi connectivity index (χ3v) is 4.70. The highest BCUT2D eigenvalue weighted by Crippen LogP contribution is 2.15. The molecular formula is C21H32FN3O4. The summed E-state index contributed by atoms with van der Waals surface area (Å²) in [6, 6.07) is 5.51. The van der Waals surface area contributed by atoms with E-state index in [4.69, 9.17) is 9.47 Å². The zero-order chi connectivity index (χ0) is 21.6. The van der Waals surface area contributed by atoms with E-state index in [0.717, 1.165) is 5.56 Å². The summed E-state index contributed by atoms with van der Waals surface area (Å²) >= 11 is 0. The van der Waals surface area contributed by atoms with E-state index in [1.165, 1.54) is 12.1 Å². The van der Waals surface area contributed by atoms with Crippen molar-refractivity contribution in [2.24, 2.45) is 0 Å². The third-order valence-electron chi connectivity index (χ3n) is 4.70. The molecule has 0 saturated carbocycles. The molecule has 7 nitrogen and oxygen atoms in total. The third kappa shape index (κ3) is 7.62.